The van der Waals surface area contributed by atoms with Crippen molar-refractivity contribution in [2.75, 3.05) is 5.75 Å². The maximum atomic E-state index is 12.0. The Morgan fingerprint density at radius 2 is 1.60 bits per heavy atom. The van der Waals surface area contributed by atoms with E-state index in [1.807, 2.05) is 17.8 Å². The molecule has 0 aromatic heterocycles. The number of thioether (sulfide) groups is 1. The minimum absolute atomic E-state index is 0.219. The molecule has 0 radical (unpaired) electrons. The summed E-state index contributed by atoms with van der Waals surface area (Å²) >= 11 is 1.89. The summed E-state index contributed by atoms with van der Waals surface area (Å²) in [6.45, 7) is 0. The van der Waals surface area contributed by atoms with E-state index in [0.717, 1.165) is 31.4 Å². The van der Waals surface area contributed by atoms with Gasteiger partial charge in [-0.2, -0.15) is 0 Å². The van der Waals surface area contributed by atoms with Gasteiger partial charge in [-0.25, -0.2) is 0 Å². The molecule has 0 heterocycles. The Morgan fingerprint density at radius 1 is 1.00 bits per heavy atom. The van der Waals surface area contributed by atoms with Crippen molar-refractivity contribution in [3.8, 4) is 0 Å². The van der Waals surface area contributed by atoms with Crippen molar-refractivity contribution in [2.45, 2.75) is 43.4 Å². The molecule has 3 heteroatoms. The van der Waals surface area contributed by atoms with Gasteiger partial charge in [0.1, 0.15) is 11.6 Å². The third kappa shape index (κ3) is 2.56. The lowest BCUT2D eigenvalue weighted by atomic mass is 9.69. The number of benzene rings is 1. The monoisotopic (exact) mass is 288 g/mol. The molecule has 0 saturated heterocycles. The van der Waals surface area contributed by atoms with Crippen molar-refractivity contribution in [3.63, 3.8) is 0 Å². The molecule has 2 aliphatic rings. The summed E-state index contributed by atoms with van der Waals surface area (Å²) in [5.74, 6) is 2.18. The lowest BCUT2D eigenvalue weighted by Gasteiger charge is -2.34. The van der Waals surface area contributed by atoms with E-state index in [1.54, 1.807) is 0 Å². The molecule has 2 aliphatic carbocycles. The molecular formula is C17H20O2S. The molecule has 0 unspecified atom stereocenters. The Labute approximate surface area is 124 Å². The van der Waals surface area contributed by atoms with Crippen LogP contribution in [0.3, 0.4) is 0 Å². The maximum absolute atomic E-state index is 12.0. The molecule has 0 aliphatic heterocycles. The Bertz CT molecular complexity index is 483. The van der Waals surface area contributed by atoms with E-state index in [1.165, 1.54) is 4.90 Å². The highest BCUT2D eigenvalue weighted by molar-refractivity contribution is 7.99. The van der Waals surface area contributed by atoms with Gasteiger partial charge in [0, 0.05) is 23.5 Å². The summed E-state index contributed by atoms with van der Waals surface area (Å²) in [6, 6.07) is 10.4. The maximum Gasteiger partial charge on any atom is 0.146 e. The summed E-state index contributed by atoms with van der Waals surface area (Å²) in [7, 11) is 0. The summed E-state index contributed by atoms with van der Waals surface area (Å²) in [5, 5.41) is 0. The molecule has 1 aromatic carbocycles. The number of hydrogen-bond acceptors (Lipinski definition) is 3. The van der Waals surface area contributed by atoms with Gasteiger partial charge in [0.25, 0.3) is 0 Å². The van der Waals surface area contributed by atoms with Crippen molar-refractivity contribution < 1.29 is 9.59 Å². The van der Waals surface area contributed by atoms with E-state index in [9.17, 15) is 9.59 Å². The number of ketones is 2. The average molecular weight is 288 g/mol. The Kier molecular flexibility index (Phi) is 3.97. The van der Waals surface area contributed by atoms with Gasteiger partial charge in [-0.05, 0) is 43.7 Å². The molecule has 3 rings (SSSR count). The summed E-state index contributed by atoms with van der Waals surface area (Å²) in [4.78, 5) is 25.3. The second-order valence-corrected chi connectivity index (χ2v) is 7.09. The van der Waals surface area contributed by atoms with Crippen molar-refractivity contribution in [1.82, 2.24) is 0 Å². The minimum Gasteiger partial charge on any atom is -0.299 e. The van der Waals surface area contributed by atoms with Crippen molar-refractivity contribution in [2.24, 2.45) is 11.3 Å². The van der Waals surface area contributed by atoms with Gasteiger partial charge in [0.2, 0.25) is 0 Å². The van der Waals surface area contributed by atoms with Crippen LogP contribution in [0.15, 0.2) is 35.2 Å². The number of Topliss-reactive ketones (excluding diaryl/α,β-unsaturated/α-hetero) is 2. The Balaban J connectivity index is 1.54. The SMILES string of the molecule is O=C1CCC(=O)C12CCC(CSc1ccccc1)CC2. The summed E-state index contributed by atoms with van der Waals surface area (Å²) in [6.07, 6.45) is 4.62. The van der Waals surface area contributed by atoms with E-state index < -0.39 is 5.41 Å². The van der Waals surface area contributed by atoms with E-state index >= 15 is 0 Å². The minimum atomic E-state index is -0.562. The van der Waals surface area contributed by atoms with E-state index in [4.69, 9.17) is 0 Å². The van der Waals surface area contributed by atoms with Crippen LogP contribution in [-0.4, -0.2) is 17.3 Å². The molecule has 2 nitrogen and oxygen atoms in total. The highest BCUT2D eigenvalue weighted by atomic mass is 32.2. The zero-order valence-electron chi connectivity index (χ0n) is 11.6. The molecule has 2 saturated carbocycles. The molecule has 0 bridgehead atoms. The van der Waals surface area contributed by atoms with E-state index in [-0.39, 0.29) is 11.6 Å². The molecular weight excluding hydrogens is 268 g/mol. The Hall–Kier alpha value is -1.09. The lowest BCUT2D eigenvalue weighted by molar-refractivity contribution is -0.137. The number of carbonyl (C=O) groups is 2. The third-order valence-electron chi connectivity index (χ3n) is 4.83. The molecule has 0 atom stereocenters. The van der Waals surface area contributed by atoms with Gasteiger partial charge in [-0.1, -0.05) is 18.2 Å². The van der Waals surface area contributed by atoms with Crippen molar-refractivity contribution in [3.05, 3.63) is 30.3 Å². The highest BCUT2D eigenvalue weighted by Gasteiger charge is 2.50. The molecule has 20 heavy (non-hydrogen) atoms. The summed E-state index contributed by atoms with van der Waals surface area (Å²) in [5.41, 5.74) is -0.562. The van der Waals surface area contributed by atoms with Gasteiger partial charge >= 0.3 is 0 Å². The predicted molar refractivity (Wildman–Crippen MR) is 80.8 cm³/mol. The van der Waals surface area contributed by atoms with Crippen LogP contribution >= 0.6 is 11.8 Å². The van der Waals surface area contributed by atoms with Gasteiger partial charge < -0.3 is 0 Å². The topological polar surface area (TPSA) is 34.1 Å². The smallest absolute Gasteiger partial charge is 0.146 e. The first kappa shape index (κ1) is 13.9. The van der Waals surface area contributed by atoms with Crippen molar-refractivity contribution >= 4 is 23.3 Å². The fraction of sp³-hybridized carbons (Fsp3) is 0.529. The van der Waals surface area contributed by atoms with Crippen LogP contribution in [0, 0.1) is 11.3 Å². The fourth-order valence-electron chi connectivity index (χ4n) is 3.49. The number of rotatable bonds is 3. The molecule has 0 N–H and O–H groups in total. The van der Waals surface area contributed by atoms with Crippen LogP contribution < -0.4 is 0 Å². The van der Waals surface area contributed by atoms with Crippen LogP contribution in [0.5, 0.6) is 0 Å². The zero-order valence-corrected chi connectivity index (χ0v) is 12.5. The van der Waals surface area contributed by atoms with Crippen LogP contribution in [0.1, 0.15) is 38.5 Å². The van der Waals surface area contributed by atoms with Gasteiger partial charge in [0.05, 0.1) is 5.41 Å². The first-order chi connectivity index (χ1) is 9.71. The van der Waals surface area contributed by atoms with E-state index in [2.05, 4.69) is 24.3 Å². The quantitative estimate of drug-likeness (QED) is 0.625. The van der Waals surface area contributed by atoms with Crippen LogP contribution in [0.4, 0.5) is 0 Å². The van der Waals surface area contributed by atoms with Crippen LogP contribution in [0.25, 0.3) is 0 Å². The largest absolute Gasteiger partial charge is 0.299 e. The average Bonchev–Trinajstić information content (AvgIpc) is 2.76. The number of hydrogen-bond donors (Lipinski definition) is 0. The zero-order chi connectivity index (χ0) is 14.0. The first-order valence-corrected chi connectivity index (χ1v) is 8.44. The van der Waals surface area contributed by atoms with E-state index in [0.29, 0.717) is 18.8 Å². The second kappa shape index (κ2) is 5.72. The standard InChI is InChI=1S/C17H20O2S/c18-15-6-7-16(19)17(15)10-8-13(9-11-17)12-20-14-4-2-1-3-5-14/h1-5,13H,6-12H2. The van der Waals surface area contributed by atoms with Crippen molar-refractivity contribution in [1.29, 1.82) is 0 Å². The lowest BCUT2D eigenvalue weighted by Crippen LogP contribution is -2.37. The first-order valence-electron chi connectivity index (χ1n) is 7.45. The van der Waals surface area contributed by atoms with Crippen LogP contribution in [0.2, 0.25) is 0 Å². The van der Waals surface area contributed by atoms with Gasteiger partial charge in [0.15, 0.2) is 0 Å². The highest BCUT2D eigenvalue weighted by Crippen LogP contribution is 2.46. The summed E-state index contributed by atoms with van der Waals surface area (Å²) < 4.78 is 0. The third-order valence-corrected chi connectivity index (χ3v) is 6.08. The molecule has 2 fully saturated rings. The van der Waals surface area contributed by atoms with Gasteiger partial charge in [-0.15, -0.1) is 11.8 Å². The van der Waals surface area contributed by atoms with Crippen LogP contribution in [-0.2, 0) is 9.59 Å². The second-order valence-electron chi connectivity index (χ2n) is 6.00. The molecule has 1 spiro atoms. The molecule has 1 aromatic rings. The Morgan fingerprint density at radius 3 is 2.20 bits per heavy atom. The molecule has 106 valence electrons. The molecule has 0 amide bonds. The normalized spacial score (nSPS) is 22.6. The fourth-order valence-corrected chi connectivity index (χ4v) is 4.60. The number of carbonyl (C=O) groups excluding carboxylic acids is 2. The van der Waals surface area contributed by atoms with Gasteiger partial charge in [-0.3, -0.25) is 9.59 Å². The predicted octanol–water partition coefficient (Wildman–Crippen LogP) is 3.89.